The van der Waals surface area contributed by atoms with Crippen LogP contribution in [0.3, 0.4) is 0 Å². The van der Waals surface area contributed by atoms with Crippen LogP contribution >= 0.6 is 0 Å². The van der Waals surface area contributed by atoms with Gasteiger partial charge in [-0.25, -0.2) is 9.59 Å². The minimum absolute atomic E-state index is 0.00831. The molecule has 1 aromatic carbocycles. The molecule has 0 fully saturated rings. The van der Waals surface area contributed by atoms with Crippen LogP contribution in [0.15, 0.2) is 31.9 Å². The molecule has 0 N–H and O–H groups in total. The van der Waals surface area contributed by atoms with Gasteiger partial charge in [-0.3, -0.25) is 0 Å². The highest BCUT2D eigenvalue weighted by molar-refractivity contribution is 5.92. The van der Waals surface area contributed by atoms with Gasteiger partial charge in [0.05, 0.1) is 5.69 Å². The van der Waals surface area contributed by atoms with Gasteiger partial charge in [-0.2, -0.15) is 0 Å². The number of carbonyl (C=O) groups is 1. The summed E-state index contributed by atoms with van der Waals surface area (Å²) in [6, 6.07) is 5.17. The van der Waals surface area contributed by atoms with Crippen molar-refractivity contribution in [2.45, 2.75) is 47.1 Å². The summed E-state index contributed by atoms with van der Waals surface area (Å²) in [6.45, 7) is 9.33. The Hall–Kier alpha value is -2.89. The van der Waals surface area contributed by atoms with Crippen LogP contribution in [0.4, 0.5) is 0 Å². The molecule has 0 saturated carbocycles. The maximum absolute atomic E-state index is 12.5. The van der Waals surface area contributed by atoms with Gasteiger partial charge in [-0.1, -0.05) is 31.1 Å². The fourth-order valence-electron chi connectivity index (χ4n) is 2.89. The van der Waals surface area contributed by atoms with E-state index in [0.29, 0.717) is 28.2 Å². The number of ether oxygens (including phenoxy) is 1. The van der Waals surface area contributed by atoms with Gasteiger partial charge in [0.25, 0.3) is 0 Å². The first-order chi connectivity index (χ1) is 12.3. The summed E-state index contributed by atoms with van der Waals surface area (Å²) in [5.41, 5.74) is 3.41. The molecular formula is C20H21NO5. The van der Waals surface area contributed by atoms with Gasteiger partial charge in [0.15, 0.2) is 5.76 Å². The lowest BCUT2D eigenvalue weighted by Gasteiger charge is -2.10. The van der Waals surface area contributed by atoms with Gasteiger partial charge >= 0.3 is 11.6 Å². The molecule has 136 valence electrons. The van der Waals surface area contributed by atoms with E-state index in [1.165, 1.54) is 6.07 Å². The predicted molar refractivity (Wildman–Crippen MR) is 96.4 cm³/mol. The van der Waals surface area contributed by atoms with Crippen molar-refractivity contribution in [2.75, 3.05) is 0 Å². The van der Waals surface area contributed by atoms with Crippen molar-refractivity contribution >= 4 is 16.9 Å². The molecule has 0 radical (unpaired) electrons. The van der Waals surface area contributed by atoms with Crippen LogP contribution in [-0.4, -0.2) is 11.1 Å². The third-order valence-electron chi connectivity index (χ3n) is 4.49. The largest absolute Gasteiger partial charge is 0.457 e. The number of rotatable bonds is 4. The Kier molecular flexibility index (Phi) is 4.68. The number of hydrogen-bond acceptors (Lipinski definition) is 6. The number of carbonyl (C=O) groups excluding carboxylic acids is 1. The van der Waals surface area contributed by atoms with Crippen LogP contribution in [0, 0.1) is 20.8 Å². The summed E-state index contributed by atoms with van der Waals surface area (Å²) in [7, 11) is 0. The molecule has 0 unspecified atom stereocenters. The third kappa shape index (κ3) is 3.14. The highest BCUT2D eigenvalue weighted by atomic mass is 16.5. The number of fused-ring (bicyclic) bond motifs is 1. The quantitative estimate of drug-likeness (QED) is 0.515. The van der Waals surface area contributed by atoms with E-state index in [4.69, 9.17) is 13.7 Å². The van der Waals surface area contributed by atoms with E-state index in [2.05, 4.69) is 5.16 Å². The molecule has 6 heteroatoms. The normalized spacial score (nSPS) is 11.3. The van der Waals surface area contributed by atoms with Gasteiger partial charge in [0, 0.05) is 22.9 Å². The zero-order chi connectivity index (χ0) is 19.0. The van der Waals surface area contributed by atoms with Crippen LogP contribution in [-0.2, 0) is 11.3 Å². The molecule has 0 aliphatic carbocycles. The molecule has 6 nitrogen and oxygen atoms in total. The molecule has 2 aromatic heterocycles. The summed E-state index contributed by atoms with van der Waals surface area (Å²) in [4.78, 5) is 24.5. The van der Waals surface area contributed by atoms with Crippen LogP contribution in [0.5, 0.6) is 0 Å². The maximum atomic E-state index is 12.5. The topological polar surface area (TPSA) is 82.5 Å². The number of benzene rings is 1. The van der Waals surface area contributed by atoms with Crippen molar-refractivity contribution in [3.63, 3.8) is 0 Å². The number of aromatic nitrogens is 1. The Bertz CT molecular complexity index is 1040. The highest BCUT2D eigenvalue weighted by Crippen LogP contribution is 2.26. The minimum atomic E-state index is -0.516. The average molecular weight is 355 g/mol. The summed E-state index contributed by atoms with van der Waals surface area (Å²) >= 11 is 0. The Morgan fingerprint density at radius 1 is 1.23 bits per heavy atom. The van der Waals surface area contributed by atoms with Crippen molar-refractivity contribution in [3.05, 3.63) is 62.3 Å². The Balaban J connectivity index is 1.94. The first-order valence-corrected chi connectivity index (χ1v) is 8.45. The fraction of sp³-hybridized carbons (Fsp3) is 0.350. The Morgan fingerprint density at radius 2 is 1.96 bits per heavy atom. The summed E-state index contributed by atoms with van der Waals surface area (Å²) in [5.74, 6) is -0.0111. The van der Waals surface area contributed by atoms with Gasteiger partial charge < -0.3 is 13.7 Å². The fourth-order valence-corrected chi connectivity index (χ4v) is 2.89. The molecule has 2 heterocycles. The lowest BCUT2D eigenvalue weighted by molar-refractivity contribution is 0.0470. The smallest absolute Gasteiger partial charge is 0.344 e. The second-order valence-electron chi connectivity index (χ2n) is 6.71. The minimum Gasteiger partial charge on any atom is -0.457 e. The summed E-state index contributed by atoms with van der Waals surface area (Å²) in [5, 5.41) is 4.61. The lowest BCUT2D eigenvalue weighted by Crippen LogP contribution is -2.11. The van der Waals surface area contributed by atoms with E-state index in [9.17, 15) is 9.59 Å². The van der Waals surface area contributed by atoms with E-state index in [1.807, 2.05) is 39.8 Å². The summed E-state index contributed by atoms with van der Waals surface area (Å²) < 4.78 is 16.0. The van der Waals surface area contributed by atoms with Crippen molar-refractivity contribution in [3.8, 4) is 0 Å². The van der Waals surface area contributed by atoms with E-state index < -0.39 is 11.6 Å². The molecule has 0 bridgehead atoms. The molecule has 0 amide bonds. The SMILES string of the molecule is Cc1ccc2c(COC(=O)c3c(C)noc3C(C)C)cc(=O)oc2c1C. The van der Waals surface area contributed by atoms with Crippen LogP contribution in [0.25, 0.3) is 11.0 Å². The number of esters is 1. The Morgan fingerprint density at radius 3 is 2.65 bits per heavy atom. The van der Waals surface area contributed by atoms with Gasteiger partial charge in [-0.15, -0.1) is 0 Å². The van der Waals surface area contributed by atoms with Gasteiger partial charge in [0.1, 0.15) is 17.8 Å². The first kappa shape index (κ1) is 17.9. The zero-order valence-electron chi connectivity index (χ0n) is 15.5. The number of hydrogen-bond donors (Lipinski definition) is 0. The summed E-state index contributed by atoms with van der Waals surface area (Å²) in [6.07, 6.45) is 0. The van der Waals surface area contributed by atoms with Crippen LogP contribution < -0.4 is 5.63 Å². The number of aryl methyl sites for hydroxylation is 3. The van der Waals surface area contributed by atoms with E-state index in [1.54, 1.807) is 6.92 Å². The van der Waals surface area contributed by atoms with E-state index in [0.717, 1.165) is 16.5 Å². The molecule has 3 aromatic rings. The molecule has 0 atom stereocenters. The standard InChI is InChI=1S/C20H21NO5/c1-10(2)18-17(13(5)21-26-18)20(23)24-9-14-8-16(22)25-19-12(4)11(3)6-7-15(14)19/h6-8,10H,9H2,1-5H3. The molecule has 3 rings (SSSR count). The predicted octanol–water partition coefficient (Wildman–Crippen LogP) is 4.19. The van der Waals surface area contributed by atoms with Gasteiger partial charge in [0.2, 0.25) is 0 Å². The lowest BCUT2D eigenvalue weighted by atomic mass is 10.0. The van der Waals surface area contributed by atoms with Crippen molar-refractivity contribution in [1.29, 1.82) is 0 Å². The molecule has 0 spiro atoms. The Labute approximate surface area is 150 Å². The van der Waals surface area contributed by atoms with Gasteiger partial charge in [-0.05, 0) is 31.9 Å². The second kappa shape index (κ2) is 6.78. The highest BCUT2D eigenvalue weighted by Gasteiger charge is 2.24. The monoisotopic (exact) mass is 355 g/mol. The molecule has 0 saturated heterocycles. The van der Waals surface area contributed by atoms with E-state index >= 15 is 0 Å². The van der Waals surface area contributed by atoms with Crippen LogP contribution in [0.2, 0.25) is 0 Å². The third-order valence-corrected chi connectivity index (χ3v) is 4.49. The molecule has 0 aliphatic rings. The maximum Gasteiger partial charge on any atom is 0.344 e. The molecular weight excluding hydrogens is 334 g/mol. The zero-order valence-corrected chi connectivity index (χ0v) is 15.5. The van der Waals surface area contributed by atoms with Crippen molar-refractivity contribution in [2.24, 2.45) is 0 Å². The molecule has 0 aliphatic heterocycles. The van der Waals surface area contributed by atoms with Crippen molar-refractivity contribution in [1.82, 2.24) is 5.16 Å². The first-order valence-electron chi connectivity index (χ1n) is 8.45. The van der Waals surface area contributed by atoms with Crippen molar-refractivity contribution < 1.29 is 18.5 Å². The average Bonchev–Trinajstić information content (AvgIpc) is 2.98. The second-order valence-corrected chi connectivity index (χ2v) is 6.71. The van der Waals surface area contributed by atoms with E-state index in [-0.39, 0.29) is 12.5 Å². The number of nitrogens with zero attached hydrogens (tertiary/aromatic N) is 1. The van der Waals surface area contributed by atoms with Crippen LogP contribution in [0.1, 0.15) is 58.3 Å². The molecule has 26 heavy (non-hydrogen) atoms.